The average molecular weight is 403 g/mol. The van der Waals surface area contributed by atoms with E-state index in [1.54, 1.807) is 18.2 Å². The van der Waals surface area contributed by atoms with E-state index >= 15 is 0 Å². The van der Waals surface area contributed by atoms with Crippen LogP contribution >= 0.6 is 0 Å². The first-order valence-electron chi connectivity index (χ1n) is 9.33. The van der Waals surface area contributed by atoms with E-state index < -0.39 is 16.3 Å². The molecule has 1 aliphatic heterocycles. The van der Waals surface area contributed by atoms with E-state index in [-0.39, 0.29) is 10.8 Å². The van der Waals surface area contributed by atoms with Crippen LogP contribution in [0.2, 0.25) is 0 Å². The van der Waals surface area contributed by atoms with Crippen molar-refractivity contribution < 1.29 is 18.0 Å². The molecule has 6 nitrogen and oxygen atoms in total. The van der Waals surface area contributed by atoms with E-state index in [4.69, 9.17) is 9.57 Å². The molecule has 1 heterocycles. The van der Waals surface area contributed by atoms with Crippen molar-refractivity contribution in [3.63, 3.8) is 0 Å². The number of sulfonamides is 1. The lowest BCUT2D eigenvalue weighted by Gasteiger charge is -2.17. The standard InChI is InChI=1S/C21H26N2O4S/c1-14(2)13-26-18-11-9-17(10-12-18)19-7-5-6-8-20(19)28(24,25)23-21-15(3)16(4)22-27-21/h5-12,14-15,21,23H,13H2,1-4H3. The molecular weight excluding hydrogens is 376 g/mol. The van der Waals surface area contributed by atoms with Crippen molar-refractivity contribution in [2.75, 3.05) is 6.61 Å². The molecule has 0 radical (unpaired) electrons. The molecule has 2 aromatic rings. The first-order valence-corrected chi connectivity index (χ1v) is 10.8. The number of hydrogen-bond acceptors (Lipinski definition) is 5. The van der Waals surface area contributed by atoms with Crippen LogP contribution in [0.15, 0.2) is 58.6 Å². The van der Waals surface area contributed by atoms with Crippen LogP contribution in [0.4, 0.5) is 0 Å². The molecule has 3 rings (SSSR count). The van der Waals surface area contributed by atoms with Gasteiger partial charge >= 0.3 is 0 Å². The van der Waals surface area contributed by atoms with Crippen LogP contribution in [0.1, 0.15) is 27.7 Å². The van der Waals surface area contributed by atoms with Gasteiger partial charge in [-0.05, 0) is 36.6 Å². The van der Waals surface area contributed by atoms with E-state index in [1.165, 1.54) is 0 Å². The largest absolute Gasteiger partial charge is 0.493 e. The number of ether oxygens (including phenoxy) is 1. The Kier molecular flexibility index (Phi) is 6.05. The second kappa shape index (κ2) is 8.32. The average Bonchev–Trinajstić information content (AvgIpc) is 2.98. The topological polar surface area (TPSA) is 77.0 Å². The Morgan fingerprint density at radius 2 is 1.82 bits per heavy atom. The smallest absolute Gasteiger partial charge is 0.244 e. The van der Waals surface area contributed by atoms with Gasteiger partial charge in [-0.15, -0.1) is 0 Å². The molecule has 0 saturated carbocycles. The van der Waals surface area contributed by atoms with Crippen LogP contribution in [0, 0.1) is 11.8 Å². The summed E-state index contributed by atoms with van der Waals surface area (Å²) in [6.07, 6.45) is -0.704. The quantitative estimate of drug-likeness (QED) is 0.758. The Labute approximate surface area is 166 Å². The fourth-order valence-electron chi connectivity index (χ4n) is 2.81. The van der Waals surface area contributed by atoms with Crippen molar-refractivity contribution in [1.29, 1.82) is 0 Å². The summed E-state index contributed by atoms with van der Waals surface area (Å²) in [4.78, 5) is 5.42. The second-order valence-electron chi connectivity index (χ2n) is 7.39. The van der Waals surface area contributed by atoms with Crippen LogP contribution in [-0.2, 0) is 14.9 Å². The molecule has 0 bridgehead atoms. The van der Waals surface area contributed by atoms with Gasteiger partial charge in [-0.25, -0.2) is 8.42 Å². The Balaban J connectivity index is 1.85. The second-order valence-corrected chi connectivity index (χ2v) is 9.08. The molecule has 0 amide bonds. The summed E-state index contributed by atoms with van der Waals surface area (Å²) >= 11 is 0. The first kappa shape index (κ1) is 20.4. The van der Waals surface area contributed by atoms with Crippen LogP contribution in [0.5, 0.6) is 5.75 Å². The monoisotopic (exact) mass is 402 g/mol. The molecule has 2 atom stereocenters. The highest BCUT2D eigenvalue weighted by atomic mass is 32.2. The molecular formula is C21H26N2O4S. The Morgan fingerprint density at radius 1 is 1.14 bits per heavy atom. The highest BCUT2D eigenvalue weighted by Gasteiger charge is 2.33. The van der Waals surface area contributed by atoms with Crippen molar-refractivity contribution in [2.24, 2.45) is 17.0 Å². The van der Waals surface area contributed by atoms with Crippen LogP contribution < -0.4 is 9.46 Å². The van der Waals surface area contributed by atoms with E-state index in [1.807, 2.05) is 44.2 Å². The molecule has 2 unspecified atom stereocenters. The summed E-state index contributed by atoms with van der Waals surface area (Å²) in [6, 6.07) is 14.4. The lowest BCUT2D eigenvalue weighted by molar-refractivity contribution is 0.0576. The summed E-state index contributed by atoms with van der Waals surface area (Å²) < 4.78 is 34.3. The molecule has 0 fully saturated rings. The highest BCUT2D eigenvalue weighted by Crippen LogP contribution is 2.29. The summed E-state index contributed by atoms with van der Waals surface area (Å²) in [5.74, 6) is 1.07. The van der Waals surface area contributed by atoms with Gasteiger partial charge in [0.2, 0.25) is 10.0 Å². The van der Waals surface area contributed by atoms with Crippen molar-refractivity contribution in [3.05, 3.63) is 48.5 Å². The maximum Gasteiger partial charge on any atom is 0.244 e. The van der Waals surface area contributed by atoms with E-state index in [0.717, 1.165) is 17.0 Å². The first-order chi connectivity index (χ1) is 13.3. The highest BCUT2D eigenvalue weighted by molar-refractivity contribution is 7.89. The summed E-state index contributed by atoms with van der Waals surface area (Å²) in [5.41, 5.74) is 2.18. The number of hydrogen-bond donors (Lipinski definition) is 1. The van der Waals surface area contributed by atoms with Gasteiger partial charge in [0.15, 0.2) is 6.23 Å². The Morgan fingerprint density at radius 3 is 2.43 bits per heavy atom. The maximum atomic E-state index is 13.0. The van der Waals surface area contributed by atoms with E-state index in [2.05, 4.69) is 23.7 Å². The third kappa shape index (κ3) is 4.54. The maximum absolute atomic E-state index is 13.0. The normalized spacial score (nSPS) is 19.4. The fourth-order valence-corrected chi connectivity index (χ4v) is 4.22. The Hall–Kier alpha value is -2.38. The van der Waals surface area contributed by atoms with Gasteiger partial charge in [0.25, 0.3) is 0 Å². The zero-order valence-electron chi connectivity index (χ0n) is 16.5. The minimum atomic E-state index is -3.79. The lowest BCUT2D eigenvalue weighted by Crippen LogP contribution is -2.39. The SMILES string of the molecule is CC1=NOC(NS(=O)(=O)c2ccccc2-c2ccc(OCC(C)C)cc2)C1C. The lowest BCUT2D eigenvalue weighted by atomic mass is 10.1. The third-order valence-corrected chi connectivity index (χ3v) is 6.10. The molecule has 2 aromatic carbocycles. The van der Waals surface area contributed by atoms with Crippen molar-refractivity contribution >= 4 is 15.7 Å². The van der Waals surface area contributed by atoms with E-state index in [0.29, 0.717) is 18.1 Å². The predicted octanol–water partition coefficient (Wildman–Crippen LogP) is 4.04. The minimum Gasteiger partial charge on any atom is -0.493 e. The zero-order chi connectivity index (χ0) is 20.3. The molecule has 1 aliphatic rings. The van der Waals surface area contributed by atoms with Crippen LogP contribution in [0.3, 0.4) is 0 Å². The molecule has 7 heteroatoms. The number of nitrogens with zero attached hydrogens (tertiary/aromatic N) is 1. The van der Waals surface area contributed by atoms with Gasteiger partial charge in [0.1, 0.15) is 5.75 Å². The molecule has 1 N–H and O–H groups in total. The van der Waals surface area contributed by atoms with Crippen molar-refractivity contribution in [1.82, 2.24) is 4.72 Å². The number of benzene rings is 2. The zero-order valence-corrected chi connectivity index (χ0v) is 17.4. The summed E-state index contributed by atoms with van der Waals surface area (Å²) in [6.45, 7) is 8.50. The molecule has 0 spiro atoms. The van der Waals surface area contributed by atoms with Crippen LogP contribution in [-0.4, -0.2) is 27.0 Å². The van der Waals surface area contributed by atoms with E-state index in [9.17, 15) is 8.42 Å². The summed E-state index contributed by atoms with van der Waals surface area (Å²) in [5, 5.41) is 3.87. The number of nitrogens with one attached hydrogen (secondary N) is 1. The summed E-state index contributed by atoms with van der Waals surface area (Å²) in [7, 11) is -3.79. The Bertz CT molecular complexity index is 953. The molecule has 150 valence electrons. The third-order valence-electron chi connectivity index (χ3n) is 4.62. The van der Waals surface area contributed by atoms with Gasteiger partial charge in [-0.1, -0.05) is 56.3 Å². The van der Waals surface area contributed by atoms with Gasteiger partial charge < -0.3 is 9.57 Å². The fraction of sp³-hybridized carbons (Fsp3) is 0.381. The number of oxime groups is 1. The van der Waals surface area contributed by atoms with Crippen molar-refractivity contribution in [3.8, 4) is 16.9 Å². The van der Waals surface area contributed by atoms with Gasteiger partial charge in [0.05, 0.1) is 23.1 Å². The van der Waals surface area contributed by atoms with Crippen molar-refractivity contribution in [2.45, 2.75) is 38.8 Å². The molecule has 28 heavy (non-hydrogen) atoms. The predicted molar refractivity (Wildman–Crippen MR) is 110 cm³/mol. The number of rotatable bonds is 7. The van der Waals surface area contributed by atoms with Gasteiger partial charge in [-0.3, -0.25) is 0 Å². The van der Waals surface area contributed by atoms with Crippen LogP contribution in [0.25, 0.3) is 11.1 Å². The van der Waals surface area contributed by atoms with Gasteiger partial charge in [-0.2, -0.15) is 4.72 Å². The van der Waals surface area contributed by atoms with Gasteiger partial charge in [0, 0.05) is 5.56 Å². The molecule has 0 aliphatic carbocycles. The minimum absolute atomic E-state index is 0.126. The molecule has 0 saturated heterocycles. The molecule has 0 aromatic heterocycles.